The predicted octanol–water partition coefficient (Wildman–Crippen LogP) is 2.40. The minimum Gasteiger partial charge on any atom is -0.497 e. The SMILES string of the molecule is COc1ccc(/C=c2/sc3nc(-c4ccc(OC)c(OC)c4)nn3c2=O)c(OC)c1. The highest BCUT2D eigenvalue weighted by molar-refractivity contribution is 7.15. The number of hydrogen-bond acceptors (Lipinski definition) is 8. The Morgan fingerprint density at radius 3 is 2.33 bits per heavy atom. The molecule has 30 heavy (non-hydrogen) atoms. The zero-order valence-electron chi connectivity index (χ0n) is 16.8. The first-order valence-electron chi connectivity index (χ1n) is 8.93. The van der Waals surface area contributed by atoms with Crippen molar-refractivity contribution in [2.75, 3.05) is 28.4 Å². The Morgan fingerprint density at radius 1 is 0.900 bits per heavy atom. The van der Waals surface area contributed by atoms with Gasteiger partial charge in [-0.05, 0) is 36.4 Å². The van der Waals surface area contributed by atoms with E-state index in [0.717, 1.165) is 11.1 Å². The molecule has 0 spiro atoms. The molecule has 0 aliphatic carbocycles. The summed E-state index contributed by atoms with van der Waals surface area (Å²) >= 11 is 1.26. The van der Waals surface area contributed by atoms with Gasteiger partial charge >= 0.3 is 0 Å². The molecular weight excluding hydrogens is 406 g/mol. The number of nitrogens with zero attached hydrogens (tertiary/aromatic N) is 3. The summed E-state index contributed by atoms with van der Waals surface area (Å²) in [6.45, 7) is 0. The summed E-state index contributed by atoms with van der Waals surface area (Å²) in [5.74, 6) is 2.90. The smallest absolute Gasteiger partial charge is 0.291 e. The van der Waals surface area contributed by atoms with Crippen molar-refractivity contribution < 1.29 is 18.9 Å². The standard InChI is InChI=1S/C21H19N3O5S/c1-26-14-7-5-12(16(11-14)28-3)10-18-20(25)24-21(30-18)22-19(23-24)13-6-8-15(27-2)17(9-13)29-4/h5-11H,1-4H3/b18-10+. The fourth-order valence-electron chi connectivity index (χ4n) is 3.01. The molecule has 0 N–H and O–H groups in total. The molecule has 0 amide bonds. The third kappa shape index (κ3) is 3.43. The minimum absolute atomic E-state index is 0.243. The summed E-state index contributed by atoms with van der Waals surface area (Å²) < 4.78 is 23.0. The average molecular weight is 425 g/mol. The van der Waals surface area contributed by atoms with Gasteiger partial charge in [-0.15, -0.1) is 5.10 Å². The van der Waals surface area contributed by atoms with Gasteiger partial charge in [-0.25, -0.2) is 0 Å². The maximum Gasteiger partial charge on any atom is 0.291 e. The Balaban J connectivity index is 1.77. The molecule has 0 fully saturated rings. The normalized spacial score (nSPS) is 11.7. The Hall–Kier alpha value is -3.59. The molecule has 2 heterocycles. The molecular formula is C21H19N3O5S. The summed E-state index contributed by atoms with van der Waals surface area (Å²) in [5, 5.41) is 4.38. The Bertz CT molecular complexity index is 1330. The highest BCUT2D eigenvalue weighted by Crippen LogP contribution is 2.31. The summed E-state index contributed by atoms with van der Waals surface area (Å²) in [5.41, 5.74) is 1.25. The molecule has 0 saturated heterocycles. The first-order chi connectivity index (χ1) is 14.6. The van der Waals surface area contributed by atoms with E-state index in [1.165, 1.54) is 15.9 Å². The van der Waals surface area contributed by atoms with Crippen molar-refractivity contribution in [3.05, 3.63) is 56.8 Å². The topological polar surface area (TPSA) is 84.2 Å². The number of thiazole rings is 1. The maximum absolute atomic E-state index is 12.9. The van der Waals surface area contributed by atoms with Crippen LogP contribution in [0.4, 0.5) is 0 Å². The van der Waals surface area contributed by atoms with Crippen molar-refractivity contribution in [1.29, 1.82) is 0 Å². The van der Waals surface area contributed by atoms with Crippen molar-refractivity contribution in [3.8, 4) is 34.4 Å². The van der Waals surface area contributed by atoms with Gasteiger partial charge in [-0.1, -0.05) is 11.3 Å². The molecule has 0 atom stereocenters. The molecule has 2 aromatic heterocycles. The summed E-state index contributed by atoms with van der Waals surface area (Å²) in [7, 11) is 6.29. The van der Waals surface area contributed by atoms with Crippen LogP contribution in [0.15, 0.2) is 41.2 Å². The van der Waals surface area contributed by atoms with Crippen LogP contribution in [0.2, 0.25) is 0 Å². The third-order valence-electron chi connectivity index (χ3n) is 4.55. The van der Waals surface area contributed by atoms with Crippen LogP contribution in [-0.4, -0.2) is 43.0 Å². The molecule has 4 aromatic rings. The van der Waals surface area contributed by atoms with Gasteiger partial charge in [0.2, 0.25) is 4.96 Å². The van der Waals surface area contributed by atoms with Gasteiger partial charge in [0.1, 0.15) is 11.5 Å². The molecule has 2 aromatic carbocycles. The van der Waals surface area contributed by atoms with Crippen LogP contribution in [-0.2, 0) is 0 Å². The number of aromatic nitrogens is 3. The van der Waals surface area contributed by atoms with E-state index in [1.54, 1.807) is 52.7 Å². The van der Waals surface area contributed by atoms with Crippen molar-refractivity contribution in [2.24, 2.45) is 0 Å². The lowest BCUT2D eigenvalue weighted by molar-refractivity contribution is 0.355. The molecule has 0 unspecified atom stereocenters. The number of benzene rings is 2. The van der Waals surface area contributed by atoms with Crippen molar-refractivity contribution in [2.45, 2.75) is 0 Å². The van der Waals surface area contributed by atoms with Crippen LogP contribution < -0.4 is 29.0 Å². The van der Waals surface area contributed by atoms with Crippen molar-refractivity contribution in [3.63, 3.8) is 0 Å². The van der Waals surface area contributed by atoms with Gasteiger partial charge in [0, 0.05) is 17.2 Å². The van der Waals surface area contributed by atoms with Crippen LogP contribution in [0.1, 0.15) is 5.56 Å². The monoisotopic (exact) mass is 425 g/mol. The van der Waals surface area contributed by atoms with Crippen molar-refractivity contribution in [1.82, 2.24) is 14.6 Å². The summed E-state index contributed by atoms with van der Waals surface area (Å²) in [6.07, 6.45) is 1.76. The second kappa shape index (κ2) is 8.03. The van der Waals surface area contributed by atoms with E-state index in [-0.39, 0.29) is 5.56 Å². The Morgan fingerprint density at radius 2 is 1.67 bits per heavy atom. The summed E-state index contributed by atoms with van der Waals surface area (Å²) in [4.78, 5) is 17.9. The zero-order chi connectivity index (χ0) is 21.3. The second-order valence-electron chi connectivity index (χ2n) is 6.22. The zero-order valence-corrected chi connectivity index (χ0v) is 17.6. The number of fused-ring (bicyclic) bond motifs is 1. The van der Waals surface area contributed by atoms with Gasteiger partial charge < -0.3 is 18.9 Å². The van der Waals surface area contributed by atoms with Gasteiger partial charge in [0.15, 0.2) is 17.3 Å². The third-order valence-corrected chi connectivity index (χ3v) is 5.51. The molecule has 0 radical (unpaired) electrons. The van der Waals surface area contributed by atoms with E-state index < -0.39 is 0 Å². The predicted molar refractivity (Wildman–Crippen MR) is 114 cm³/mol. The number of rotatable bonds is 6. The molecule has 0 aliphatic heterocycles. The first-order valence-corrected chi connectivity index (χ1v) is 9.75. The van der Waals surface area contributed by atoms with Gasteiger partial charge in [0.25, 0.3) is 5.56 Å². The number of ether oxygens (including phenoxy) is 4. The van der Waals surface area contributed by atoms with Crippen LogP contribution in [0.5, 0.6) is 23.0 Å². The molecule has 0 bridgehead atoms. The fourth-order valence-corrected chi connectivity index (χ4v) is 3.91. The molecule has 8 nitrogen and oxygen atoms in total. The minimum atomic E-state index is -0.243. The van der Waals surface area contributed by atoms with Crippen LogP contribution in [0.25, 0.3) is 22.4 Å². The van der Waals surface area contributed by atoms with Crippen molar-refractivity contribution >= 4 is 22.4 Å². The van der Waals surface area contributed by atoms with E-state index in [1.807, 2.05) is 18.2 Å². The van der Waals surface area contributed by atoms with E-state index in [9.17, 15) is 4.79 Å². The lowest BCUT2D eigenvalue weighted by Crippen LogP contribution is -2.23. The Kier molecular flexibility index (Phi) is 5.28. The van der Waals surface area contributed by atoms with E-state index in [2.05, 4.69) is 10.1 Å². The van der Waals surface area contributed by atoms with Crippen LogP contribution in [0.3, 0.4) is 0 Å². The first kappa shape index (κ1) is 19.7. The largest absolute Gasteiger partial charge is 0.497 e. The van der Waals surface area contributed by atoms with Gasteiger partial charge in [0.05, 0.1) is 33.0 Å². The molecule has 9 heteroatoms. The highest BCUT2D eigenvalue weighted by Gasteiger charge is 2.14. The molecule has 0 saturated carbocycles. The number of methoxy groups -OCH3 is 4. The van der Waals surface area contributed by atoms with Gasteiger partial charge in [-0.2, -0.15) is 9.50 Å². The molecule has 4 rings (SSSR count). The quantitative estimate of drug-likeness (QED) is 0.469. The average Bonchev–Trinajstić information content (AvgIpc) is 3.32. The fraction of sp³-hybridized carbons (Fsp3) is 0.190. The molecule has 154 valence electrons. The van der Waals surface area contributed by atoms with E-state index in [4.69, 9.17) is 18.9 Å². The van der Waals surface area contributed by atoms with Crippen LogP contribution in [0, 0.1) is 0 Å². The lowest BCUT2D eigenvalue weighted by Gasteiger charge is -2.07. The van der Waals surface area contributed by atoms with E-state index in [0.29, 0.717) is 38.3 Å². The lowest BCUT2D eigenvalue weighted by atomic mass is 10.2. The molecule has 0 aliphatic rings. The van der Waals surface area contributed by atoms with Gasteiger partial charge in [-0.3, -0.25) is 4.79 Å². The van der Waals surface area contributed by atoms with Crippen LogP contribution >= 0.6 is 11.3 Å². The highest BCUT2D eigenvalue weighted by atomic mass is 32.1. The Labute approximate surface area is 175 Å². The second-order valence-corrected chi connectivity index (χ2v) is 7.23. The van der Waals surface area contributed by atoms with E-state index >= 15 is 0 Å². The number of hydrogen-bond donors (Lipinski definition) is 0. The maximum atomic E-state index is 12.9. The summed E-state index contributed by atoms with van der Waals surface area (Å²) in [6, 6.07) is 10.8.